The first-order valence-corrected chi connectivity index (χ1v) is 12.3. The van der Waals surface area contributed by atoms with E-state index in [0.717, 1.165) is 68.8 Å². The molecule has 9 nitrogen and oxygen atoms in total. The number of benzene rings is 2. The molecule has 1 aromatic heterocycles. The highest BCUT2D eigenvalue weighted by Crippen LogP contribution is 2.31. The second-order valence-electron chi connectivity index (χ2n) is 9.19. The minimum absolute atomic E-state index is 0.0610. The number of hydrogen-bond acceptors (Lipinski definition) is 7. The Hall–Kier alpha value is -3.79. The molecule has 2 heterocycles. The molecule has 0 bridgehead atoms. The Morgan fingerprint density at radius 2 is 1.72 bits per heavy atom. The lowest BCUT2D eigenvalue weighted by Gasteiger charge is -2.36. The van der Waals surface area contributed by atoms with Crippen molar-refractivity contribution in [3.05, 3.63) is 81.3 Å². The second kappa shape index (κ2) is 10.4. The van der Waals surface area contributed by atoms with Crippen LogP contribution in [0.15, 0.2) is 53.1 Å². The van der Waals surface area contributed by atoms with Gasteiger partial charge in [-0.1, -0.05) is 5.16 Å². The number of nitro benzene ring substituents is 1. The number of aryl methyl sites for hydroxylation is 1. The number of carbonyl (C=O) groups excluding carboxylic acids is 1. The first kappa shape index (κ1) is 23.9. The zero-order valence-electron chi connectivity index (χ0n) is 19.9. The molecule has 0 N–H and O–H groups in total. The van der Waals surface area contributed by atoms with Crippen LogP contribution in [0.25, 0.3) is 0 Å². The summed E-state index contributed by atoms with van der Waals surface area (Å²) in [6, 6.07) is 12.2. The van der Waals surface area contributed by atoms with Crippen molar-refractivity contribution < 1.29 is 18.6 Å². The predicted molar refractivity (Wildman–Crippen MR) is 133 cm³/mol. The van der Waals surface area contributed by atoms with Crippen LogP contribution in [0.2, 0.25) is 0 Å². The highest BCUT2D eigenvalue weighted by molar-refractivity contribution is 6.05. The quantitative estimate of drug-likeness (QED) is 0.362. The smallest absolute Gasteiger partial charge is 0.269 e. The standard InChI is InChI=1S/C26H28FN5O4/c27-20-7-11-21(12-8-20)30-16-13-29(14-17-30)15-18-31(26-23-3-1-2-4-24(23)28-36-26)25(33)19-5-9-22(10-6-19)32(34)35/h5-12H,1-4,13-18H2. The molecule has 36 heavy (non-hydrogen) atoms. The molecule has 1 aliphatic heterocycles. The molecule has 5 rings (SSSR count). The Kier molecular flexibility index (Phi) is 6.95. The molecule has 1 saturated heterocycles. The molecule has 1 aliphatic carbocycles. The zero-order valence-corrected chi connectivity index (χ0v) is 19.9. The van der Waals surface area contributed by atoms with Crippen molar-refractivity contribution in [3.63, 3.8) is 0 Å². The van der Waals surface area contributed by atoms with Gasteiger partial charge in [-0.2, -0.15) is 0 Å². The zero-order chi connectivity index (χ0) is 25.1. The van der Waals surface area contributed by atoms with Crippen LogP contribution in [0, 0.1) is 15.9 Å². The molecule has 2 aromatic carbocycles. The van der Waals surface area contributed by atoms with Gasteiger partial charge in [-0.3, -0.25) is 24.7 Å². The van der Waals surface area contributed by atoms with Crippen LogP contribution in [0.3, 0.4) is 0 Å². The maximum absolute atomic E-state index is 13.6. The Bertz CT molecular complexity index is 1220. The number of piperazine rings is 1. The molecular weight excluding hydrogens is 465 g/mol. The monoisotopic (exact) mass is 493 g/mol. The Morgan fingerprint density at radius 1 is 1.03 bits per heavy atom. The van der Waals surface area contributed by atoms with E-state index in [1.165, 1.54) is 36.4 Å². The summed E-state index contributed by atoms with van der Waals surface area (Å²) >= 11 is 0. The van der Waals surface area contributed by atoms with E-state index in [1.54, 1.807) is 17.0 Å². The fourth-order valence-electron chi connectivity index (χ4n) is 4.89. The van der Waals surface area contributed by atoms with Gasteiger partial charge in [0.25, 0.3) is 11.6 Å². The third-order valence-corrected chi connectivity index (χ3v) is 6.96. The van der Waals surface area contributed by atoms with Gasteiger partial charge in [-0.15, -0.1) is 0 Å². The van der Waals surface area contributed by atoms with Gasteiger partial charge in [0.2, 0.25) is 5.88 Å². The van der Waals surface area contributed by atoms with Gasteiger partial charge < -0.3 is 9.42 Å². The van der Waals surface area contributed by atoms with Gasteiger partial charge in [-0.25, -0.2) is 4.39 Å². The molecule has 1 fully saturated rings. The first-order chi connectivity index (χ1) is 17.5. The molecular formula is C26H28FN5O4. The van der Waals surface area contributed by atoms with Crippen molar-refractivity contribution in [2.45, 2.75) is 25.7 Å². The number of nitrogens with zero attached hydrogens (tertiary/aromatic N) is 5. The highest BCUT2D eigenvalue weighted by atomic mass is 19.1. The lowest BCUT2D eigenvalue weighted by molar-refractivity contribution is -0.384. The number of nitro groups is 1. The van der Waals surface area contributed by atoms with Crippen LogP contribution in [-0.4, -0.2) is 60.2 Å². The van der Waals surface area contributed by atoms with Gasteiger partial charge in [0.05, 0.1) is 10.6 Å². The number of rotatable bonds is 7. The fraction of sp³-hybridized carbons (Fsp3) is 0.385. The summed E-state index contributed by atoms with van der Waals surface area (Å²) in [4.78, 5) is 30.3. The maximum Gasteiger partial charge on any atom is 0.269 e. The Labute approximate surface area is 208 Å². The summed E-state index contributed by atoms with van der Waals surface area (Å²) in [5.41, 5.74) is 3.19. The number of aromatic nitrogens is 1. The molecule has 0 radical (unpaired) electrons. The normalized spacial score (nSPS) is 16.0. The number of anilines is 2. The molecule has 0 saturated carbocycles. The number of carbonyl (C=O) groups is 1. The first-order valence-electron chi connectivity index (χ1n) is 12.3. The van der Waals surface area contributed by atoms with Gasteiger partial charge in [0, 0.05) is 68.2 Å². The van der Waals surface area contributed by atoms with Crippen molar-refractivity contribution >= 4 is 23.2 Å². The molecule has 2 aliphatic rings. The topological polar surface area (TPSA) is 96.0 Å². The highest BCUT2D eigenvalue weighted by Gasteiger charge is 2.29. The molecule has 0 unspecified atom stereocenters. The van der Waals surface area contributed by atoms with E-state index in [1.807, 2.05) is 0 Å². The van der Waals surface area contributed by atoms with E-state index >= 15 is 0 Å². The summed E-state index contributed by atoms with van der Waals surface area (Å²) in [5.74, 6) is -0.0258. The van der Waals surface area contributed by atoms with Crippen molar-refractivity contribution in [2.24, 2.45) is 0 Å². The van der Waals surface area contributed by atoms with Gasteiger partial charge in [-0.05, 0) is 62.1 Å². The van der Waals surface area contributed by atoms with Gasteiger partial charge in [0.15, 0.2) is 0 Å². The third-order valence-electron chi connectivity index (χ3n) is 6.96. The van der Waals surface area contributed by atoms with E-state index in [0.29, 0.717) is 24.5 Å². The summed E-state index contributed by atoms with van der Waals surface area (Å²) in [7, 11) is 0. The fourth-order valence-corrected chi connectivity index (χ4v) is 4.89. The molecule has 0 atom stereocenters. The molecule has 1 amide bonds. The Balaban J connectivity index is 1.30. The SMILES string of the molecule is O=C(c1ccc([N+](=O)[O-])cc1)N(CCN1CCN(c2ccc(F)cc2)CC1)c1onc2c1CCCC2. The molecule has 10 heteroatoms. The maximum atomic E-state index is 13.6. The van der Waals surface area contributed by atoms with Crippen molar-refractivity contribution in [1.82, 2.24) is 10.1 Å². The van der Waals surface area contributed by atoms with Crippen molar-refractivity contribution in [2.75, 3.05) is 49.1 Å². The third kappa shape index (κ3) is 5.08. The molecule has 3 aromatic rings. The van der Waals surface area contributed by atoms with Crippen LogP contribution in [0.4, 0.5) is 21.6 Å². The largest absolute Gasteiger partial charge is 0.369 e. The van der Waals surface area contributed by atoms with E-state index < -0.39 is 4.92 Å². The number of amides is 1. The van der Waals surface area contributed by atoms with Crippen molar-refractivity contribution in [1.29, 1.82) is 0 Å². The molecule has 0 spiro atoms. The van der Waals surface area contributed by atoms with Crippen LogP contribution >= 0.6 is 0 Å². The van der Waals surface area contributed by atoms with E-state index in [4.69, 9.17) is 4.52 Å². The van der Waals surface area contributed by atoms with E-state index in [-0.39, 0.29) is 17.4 Å². The molecule has 188 valence electrons. The van der Waals surface area contributed by atoms with Crippen molar-refractivity contribution in [3.8, 4) is 0 Å². The van der Waals surface area contributed by atoms with E-state index in [9.17, 15) is 19.3 Å². The summed E-state index contributed by atoms with van der Waals surface area (Å²) < 4.78 is 19.0. The van der Waals surface area contributed by atoms with Crippen LogP contribution < -0.4 is 9.80 Å². The lowest BCUT2D eigenvalue weighted by Crippen LogP contribution is -2.49. The summed E-state index contributed by atoms with van der Waals surface area (Å²) in [6.07, 6.45) is 3.72. The lowest BCUT2D eigenvalue weighted by atomic mass is 9.97. The average molecular weight is 494 g/mol. The van der Waals surface area contributed by atoms with Crippen LogP contribution in [0.5, 0.6) is 0 Å². The average Bonchev–Trinajstić information content (AvgIpc) is 3.33. The van der Waals surface area contributed by atoms with Gasteiger partial charge in [0.1, 0.15) is 5.82 Å². The summed E-state index contributed by atoms with van der Waals surface area (Å²) in [6.45, 7) is 4.29. The van der Waals surface area contributed by atoms with E-state index in [2.05, 4.69) is 15.0 Å². The minimum atomic E-state index is -0.482. The van der Waals surface area contributed by atoms with Gasteiger partial charge >= 0.3 is 0 Å². The predicted octanol–water partition coefficient (Wildman–Crippen LogP) is 4.07. The Morgan fingerprint density at radius 3 is 2.42 bits per heavy atom. The minimum Gasteiger partial charge on any atom is -0.369 e. The number of fused-ring (bicyclic) bond motifs is 1. The number of hydrogen-bond donors (Lipinski definition) is 0. The number of non-ortho nitro benzene ring substituents is 1. The summed E-state index contributed by atoms with van der Waals surface area (Å²) in [5, 5.41) is 15.3. The van der Waals surface area contributed by atoms with Crippen LogP contribution in [-0.2, 0) is 12.8 Å². The number of halogens is 1. The van der Waals surface area contributed by atoms with Crippen LogP contribution in [0.1, 0.15) is 34.5 Å². The second-order valence-corrected chi connectivity index (χ2v) is 9.19.